The van der Waals surface area contributed by atoms with E-state index in [1.165, 1.54) is 0 Å². The molecule has 0 bridgehead atoms. The van der Waals surface area contributed by atoms with Gasteiger partial charge in [0, 0.05) is 32.2 Å². The fourth-order valence-corrected chi connectivity index (χ4v) is 2.05. The molecule has 0 aliphatic heterocycles. The molecule has 7 heteroatoms. The van der Waals surface area contributed by atoms with Gasteiger partial charge >= 0.3 is 0 Å². The van der Waals surface area contributed by atoms with E-state index in [1.54, 1.807) is 13.3 Å². The normalized spacial score (nSPS) is 12.8. The zero-order valence-electron chi connectivity index (χ0n) is 10.0. The van der Waals surface area contributed by atoms with Gasteiger partial charge in [-0.1, -0.05) is 0 Å². The number of hydrogen-bond acceptors (Lipinski definition) is 5. The van der Waals surface area contributed by atoms with Gasteiger partial charge in [-0.15, -0.1) is 0 Å². The summed E-state index contributed by atoms with van der Waals surface area (Å²) in [5, 5.41) is 12.7. The molecule has 1 unspecified atom stereocenters. The van der Waals surface area contributed by atoms with Gasteiger partial charge in [-0.2, -0.15) is 0 Å². The maximum atomic E-state index is 9.54. The number of fused-ring (bicyclic) bond motifs is 1. The smallest absolute Gasteiger partial charge is 0.180 e. The third-order valence-electron chi connectivity index (χ3n) is 2.47. The van der Waals surface area contributed by atoms with Crippen molar-refractivity contribution in [3.63, 3.8) is 0 Å². The second-order valence-electron chi connectivity index (χ2n) is 3.89. The molecule has 98 valence electrons. The Labute approximate surface area is 113 Å². The molecule has 0 amide bonds. The Balaban J connectivity index is 2.00. The lowest BCUT2D eigenvalue weighted by molar-refractivity contribution is 0.0615. The highest BCUT2D eigenvalue weighted by Gasteiger charge is 2.07. The molecule has 0 aromatic carbocycles. The number of ether oxygens (including phenoxy) is 1. The van der Waals surface area contributed by atoms with Crippen molar-refractivity contribution in [2.24, 2.45) is 0 Å². The minimum absolute atomic E-state index is 0.340. The van der Waals surface area contributed by atoms with Crippen LogP contribution in [-0.4, -0.2) is 45.8 Å². The zero-order chi connectivity index (χ0) is 13.0. The monoisotopic (exact) mass is 314 g/mol. The molecule has 18 heavy (non-hydrogen) atoms. The van der Waals surface area contributed by atoms with Crippen molar-refractivity contribution in [2.45, 2.75) is 12.5 Å². The van der Waals surface area contributed by atoms with Crippen LogP contribution in [-0.2, 0) is 4.74 Å². The van der Waals surface area contributed by atoms with Crippen molar-refractivity contribution < 1.29 is 9.84 Å². The first-order valence-electron chi connectivity index (χ1n) is 5.61. The number of rotatable bonds is 6. The van der Waals surface area contributed by atoms with Crippen LogP contribution in [0.3, 0.4) is 0 Å². The van der Waals surface area contributed by atoms with E-state index in [1.807, 2.05) is 16.8 Å². The number of nitrogens with one attached hydrogen (secondary N) is 1. The standard InChI is InChI=1S/C11H15BrN4O2/c1-18-7-8(17)2-3-13-10-11-14-4-5-16(11)6-9(12)15-10/h4-6,8,17H,2-3,7H2,1H3,(H,13,15). The molecule has 2 aromatic heterocycles. The molecule has 0 aliphatic carbocycles. The second kappa shape index (κ2) is 6.12. The van der Waals surface area contributed by atoms with Crippen LogP contribution >= 0.6 is 15.9 Å². The Bertz CT molecular complexity index is 517. The van der Waals surface area contributed by atoms with Crippen molar-refractivity contribution in [3.8, 4) is 0 Å². The average molecular weight is 315 g/mol. The van der Waals surface area contributed by atoms with E-state index < -0.39 is 6.10 Å². The van der Waals surface area contributed by atoms with Gasteiger partial charge in [-0.05, 0) is 22.4 Å². The van der Waals surface area contributed by atoms with E-state index in [-0.39, 0.29) is 0 Å². The molecule has 6 nitrogen and oxygen atoms in total. The first-order valence-corrected chi connectivity index (χ1v) is 6.40. The van der Waals surface area contributed by atoms with Crippen LogP contribution in [0.2, 0.25) is 0 Å². The predicted octanol–water partition coefficient (Wildman–Crippen LogP) is 1.30. The summed E-state index contributed by atoms with van der Waals surface area (Å²) >= 11 is 3.34. The molecule has 0 spiro atoms. The molecule has 2 heterocycles. The van der Waals surface area contributed by atoms with Crippen LogP contribution in [0.15, 0.2) is 23.2 Å². The zero-order valence-corrected chi connectivity index (χ0v) is 11.6. The van der Waals surface area contributed by atoms with Gasteiger partial charge in [0.1, 0.15) is 4.60 Å². The summed E-state index contributed by atoms with van der Waals surface area (Å²) in [5.41, 5.74) is 0.763. The molecule has 0 aliphatic rings. The third-order valence-corrected chi connectivity index (χ3v) is 2.86. The third kappa shape index (κ3) is 3.18. The lowest BCUT2D eigenvalue weighted by Gasteiger charge is -2.11. The van der Waals surface area contributed by atoms with Gasteiger partial charge in [-0.3, -0.25) is 0 Å². The minimum atomic E-state index is -0.467. The topological polar surface area (TPSA) is 71.7 Å². The molecule has 0 saturated heterocycles. The number of aliphatic hydroxyl groups is 1. The Kier molecular flexibility index (Phi) is 4.51. The van der Waals surface area contributed by atoms with Gasteiger partial charge in [-0.25, -0.2) is 9.97 Å². The SMILES string of the molecule is COCC(O)CCNc1nc(Br)cn2ccnc12. The van der Waals surface area contributed by atoms with E-state index in [0.29, 0.717) is 25.4 Å². The van der Waals surface area contributed by atoms with Crippen LogP contribution in [0.1, 0.15) is 6.42 Å². The molecule has 1 atom stereocenters. The molecule has 0 saturated carbocycles. The molecular weight excluding hydrogens is 300 g/mol. The summed E-state index contributed by atoms with van der Waals surface area (Å²) in [7, 11) is 1.57. The van der Waals surface area contributed by atoms with Crippen molar-refractivity contribution in [2.75, 3.05) is 25.6 Å². The summed E-state index contributed by atoms with van der Waals surface area (Å²) in [6.07, 6.45) is 5.54. The fraction of sp³-hybridized carbons (Fsp3) is 0.455. The van der Waals surface area contributed by atoms with Crippen LogP contribution in [0.25, 0.3) is 5.65 Å². The summed E-state index contributed by atoms with van der Waals surface area (Å²) in [6, 6.07) is 0. The average Bonchev–Trinajstić information content (AvgIpc) is 2.77. The highest BCUT2D eigenvalue weighted by atomic mass is 79.9. The van der Waals surface area contributed by atoms with E-state index in [2.05, 4.69) is 31.2 Å². The molecular formula is C11H15BrN4O2. The Morgan fingerprint density at radius 2 is 2.44 bits per heavy atom. The van der Waals surface area contributed by atoms with E-state index in [9.17, 15) is 5.11 Å². The number of hydrogen-bond donors (Lipinski definition) is 2. The summed E-state index contributed by atoms with van der Waals surface area (Å²) in [6.45, 7) is 0.947. The Morgan fingerprint density at radius 1 is 1.61 bits per heavy atom. The molecule has 0 radical (unpaired) electrons. The quantitative estimate of drug-likeness (QED) is 0.841. The number of imidazole rings is 1. The first kappa shape index (κ1) is 13.3. The van der Waals surface area contributed by atoms with Gasteiger partial charge < -0.3 is 19.6 Å². The van der Waals surface area contributed by atoms with Gasteiger partial charge in [0.25, 0.3) is 0 Å². The number of aliphatic hydroxyl groups excluding tert-OH is 1. The van der Waals surface area contributed by atoms with Crippen LogP contribution in [0.5, 0.6) is 0 Å². The lowest BCUT2D eigenvalue weighted by Crippen LogP contribution is -2.19. The minimum Gasteiger partial charge on any atom is -0.391 e. The van der Waals surface area contributed by atoms with E-state index in [0.717, 1.165) is 10.3 Å². The number of aromatic nitrogens is 3. The first-order chi connectivity index (χ1) is 8.70. The maximum Gasteiger partial charge on any atom is 0.180 e. The Morgan fingerprint density at radius 3 is 3.22 bits per heavy atom. The lowest BCUT2D eigenvalue weighted by atomic mass is 10.2. The molecule has 2 N–H and O–H groups in total. The van der Waals surface area contributed by atoms with Crippen LogP contribution < -0.4 is 5.32 Å². The highest BCUT2D eigenvalue weighted by molar-refractivity contribution is 9.10. The summed E-state index contributed by atoms with van der Waals surface area (Å²) in [5.74, 6) is 0.694. The molecule has 2 aromatic rings. The van der Waals surface area contributed by atoms with E-state index in [4.69, 9.17) is 4.74 Å². The number of methoxy groups -OCH3 is 1. The summed E-state index contributed by atoms with van der Waals surface area (Å²) < 4.78 is 7.48. The van der Waals surface area contributed by atoms with Gasteiger partial charge in [0.2, 0.25) is 0 Å². The second-order valence-corrected chi connectivity index (χ2v) is 4.71. The number of nitrogens with zero attached hydrogens (tertiary/aromatic N) is 3. The fourth-order valence-electron chi connectivity index (χ4n) is 1.65. The van der Waals surface area contributed by atoms with E-state index >= 15 is 0 Å². The molecule has 0 fully saturated rings. The van der Waals surface area contributed by atoms with Crippen LogP contribution in [0, 0.1) is 0 Å². The van der Waals surface area contributed by atoms with Gasteiger partial charge in [0.15, 0.2) is 11.5 Å². The number of anilines is 1. The highest BCUT2D eigenvalue weighted by Crippen LogP contribution is 2.16. The van der Waals surface area contributed by atoms with Crippen molar-refractivity contribution in [1.29, 1.82) is 0 Å². The van der Waals surface area contributed by atoms with Crippen molar-refractivity contribution in [3.05, 3.63) is 23.2 Å². The largest absolute Gasteiger partial charge is 0.391 e. The van der Waals surface area contributed by atoms with Gasteiger partial charge in [0.05, 0.1) is 12.7 Å². The van der Waals surface area contributed by atoms with Crippen molar-refractivity contribution >= 4 is 27.4 Å². The van der Waals surface area contributed by atoms with Crippen molar-refractivity contribution in [1.82, 2.24) is 14.4 Å². The predicted molar refractivity (Wildman–Crippen MR) is 71.7 cm³/mol. The summed E-state index contributed by atoms with van der Waals surface area (Å²) in [4.78, 5) is 8.55. The number of halogens is 1. The Hall–Kier alpha value is -1.18. The maximum absolute atomic E-state index is 9.54. The van der Waals surface area contributed by atoms with Crippen LogP contribution in [0.4, 0.5) is 5.82 Å². The molecule has 2 rings (SSSR count).